The number of hydrogen-bond donors (Lipinski definition) is 6. The fourth-order valence-corrected chi connectivity index (χ4v) is 4.52. The molecule has 3 aromatic carbocycles. The Morgan fingerprint density at radius 2 is 1.64 bits per heavy atom. The summed E-state index contributed by atoms with van der Waals surface area (Å²) >= 11 is 0. The molecule has 256 valence electrons. The van der Waals surface area contributed by atoms with Gasteiger partial charge in [-0.1, -0.05) is 50.2 Å². The highest BCUT2D eigenvalue weighted by atomic mass is 16.5. The maximum atomic E-state index is 13.0. The number of rotatable bonds is 17. The SMILES string of the molecule is CC(C)CNc1ccc(N)cc1.CC(C)NC(=O)c1cccc(N(C)CC(OC=O)C(=O)NC(Cc2ccccc2)C(O)CCO)c1. The summed E-state index contributed by atoms with van der Waals surface area (Å²) in [6.07, 6.45) is -1.73. The van der Waals surface area contributed by atoms with Crippen molar-refractivity contribution in [3.63, 3.8) is 0 Å². The number of nitrogen functional groups attached to an aromatic ring is 1. The summed E-state index contributed by atoms with van der Waals surface area (Å²) in [6.45, 7) is 9.11. The third-order valence-corrected chi connectivity index (χ3v) is 7.06. The van der Waals surface area contributed by atoms with Gasteiger partial charge in [-0.15, -0.1) is 0 Å². The minimum Gasteiger partial charge on any atom is -0.453 e. The van der Waals surface area contributed by atoms with Gasteiger partial charge in [0.2, 0.25) is 0 Å². The number of carbonyl (C=O) groups excluding carboxylic acids is 3. The van der Waals surface area contributed by atoms with Crippen molar-refractivity contribution in [2.45, 2.75) is 64.8 Å². The molecule has 0 bridgehead atoms. The van der Waals surface area contributed by atoms with Crippen LogP contribution in [0.1, 0.15) is 50.0 Å². The van der Waals surface area contributed by atoms with Crippen LogP contribution in [-0.2, 0) is 20.7 Å². The molecule has 3 atom stereocenters. The van der Waals surface area contributed by atoms with Gasteiger partial charge in [0.05, 0.1) is 18.7 Å². The lowest BCUT2D eigenvalue weighted by molar-refractivity contribution is -0.145. The molecule has 7 N–H and O–H groups in total. The number of aliphatic hydroxyl groups excluding tert-OH is 2. The summed E-state index contributed by atoms with van der Waals surface area (Å²) in [5.74, 6) is -0.117. The van der Waals surface area contributed by atoms with Gasteiger partial charge in [0.25, 0.3) is 18.3 Å². The number of nitrogens with two attached hydrogens (primary N) is 1. The molecule has 0 aromatic heterocycles. The second-order valence-corrected chi connectivity index (χ2v) is 12.1. The molecule has 0 spiro atoms. The number of aliphatic hydroxyl groups is 2. The Bertz CT molecular complexity index is 1350. The first-order valence-electron chi connectivity index (χ1n) is 15.9. The summed E-state index contributed by atoms with van der Waals surface area (Å²) in [5, 5.41) is 28.7. The van der Waals surface area contributed by atoms with Crippen molar-refractivity contribution >= 4 is 35.3 Å². The van der Waals surface area contributed by atoms with Crippen LogP contribution in [0.3, 0.4) is 0 Å². The van der Waals surface area contributed by atoms with E-state index in [1.54, 1.807) is 36.2 Å². The van der Waals surface area contributed by atoms with Crippen molar-refractivity contribution in [3.8, 4) is 0 Å². The molecule has 47 heavy (non-hydrogen) atoms. The lowest BCUT2D eigenvalue weighted by Gasteiger charge is -2.28. The molecule has 11 heteroatoms. The second kappa shape index (κ2) is 20.5. The van der Waals surface area contributed by atoms with Crippen LogP contribution >= 0.6 is 0 Å². The topological polar surface area (TPSA) is 166 Å². The third kappa shape index (κ3) is 14.6. The van der Waals surface area contributed by atoms with E-state index < -0.39 is 24.2 Å². The van der Waals surface area contributed by atoms with Crippen LogP contribution in [0.15, 0.2) is 78.9 Å². The first-order valence-corrected chi connectivity index (χ1v) is 15.9. The van der Waals surface area contributed by atoms with Gasteiger partial charge in [0.15, 0.2) is 6.10 Å². The van der Waals surface area contributed by atoms with E-state index >= 15 is 0 Å². The zero-order chi connectivity index (χ0) is 34.8. The molecule has 2 amide bonds. The predicted molar refractivity (Wildman–Crippen MR) is 187 cm³/mol. The number of nitrogens with zero attached hydrogens (tertiary/aromatic N) is 1. The lowest BCUT2D eigenvalue weighted by atomic mass is 9.99. The average molecular weight is 650 g/mol. The standard InChI is InChI=1S/C26H35N3O6.C10H16N2/c1-18(2)27-25(33)20-10-7-11-21(15-20)29(3)16-24(35-17-31)26(34)28-22(23(32)12-13-30)14-19-8-5-4-6-9-19;1-8(2)7-12-10-5-3-9(11)4-6-10/h4-11,15,17-18,22-24,30,32H,12-14,16H2,1-3H3,(H,27,33)(H,28,34);3-6,8,12H,7,11H2,1-2H3. The molecule has 0 aliphatic heterocycles. The fraction of sp³-hybridized carbons (Fsp3) is 0.417. The maximum Gasteiger partial charge on any atom is 0.293 e. The molecule has 0 saturated heterocycles. The molecular formula is C36H51N5O6. The van der Waals surface area contributed by atoms with E-state index in [4.69, 9.17) is 10.5 Å². The van der Waals surface area contributed by atoms with E-state index in [0.29, 0.717) is 23.6 Å². The number of hydrogen-bond acceptors (Lipinski definition) is 9. The third-order valence-electron chi connectivity index (χ3n) is 7.06. The normalized spacial score (nSPS) is 12.6. The van der Waals surface area contributed by atoms with Gasteiger partial charge in [-0.3, -0.25) is 14.4 Å². The number of benzene rings is 3. The van der Waals surface area contributed by atoms with Crippen LogP contribution in [0, 0.1) is 5.92 Å². The zero-order valence-electron chi connectivity index (χ0n) is 28.1. The molecule has 3 aromatic rings. The Morgan fingerprint density at radius 3 is 2.23 bits per heavy atom. The Labute approximate surface area is 278 Å². The Hall–Kier alpha value is -4.61. The molecular weight excluding hydrogens is 598 g/mol. The average Bonchev–Trinajstić information content (AvgIpc) is 3.04. The monoisotopic (exact) mass is 649 g/mol. The van der Waals surface area contributed by atoms with Gasteiger partial charge in [-0.2, -0.15) is 0 Å². The van der Waals surface area contributed by atoms with Crippen molar-refractivity contribution in [3.05, 3.63) is 90.0 Å². The lowest BCUT2D eigenvalue weighted by Crippen LogP contribution is -2.51. The molecule has 3 unspecified atom stereocenters. The summed E-state index contributed by atoms with van der Waals surface area (Å²) < 4.78 is 5.07. The van der Waals surface area contributed by atoms with Gasteiger partial charge >= 0.3 is 0 Å². The van der Waals surface area contributed by atoms with Crippen LogP contribution < -0.4 is 26.6 Å². The van der Waals surface area contributed by atoms with Gasteiger partial charge in [0, 0.05) is 48.9 Å². The molecule has 0 radical (unpaired) electrons. The number of ether oxygens (including phenoxy) is 1. The minimum atomic E-state index is -1.16. The summed E-state index contributed by atoms with van der Waals surface area (Å²) in [7, 11) is 1.72. The van der Waals surface area contributed by atoms with Crippen LogP contribution in [-0.4, -0.2) is 79.5 Å². The molecule has 11 nitrogen and oxygen atoms in total. The largest absolute Gasteiger partial charge is 0.453 e. The van der Waals surface area contributed by atoms with Crippen LogP contribution in [0.4, 0.5) is 17.1 Å². The maximum absolute atomic E-state index is 13.0. The van der Waals surface area contributed by atoms with Crippen molar-refractivity contribution in [2.24, 2.45) is 5.92 Å². The van der Waals surface area contributed by atoms with E-state index in [9.17, 15) is 24.6 Å². The van der Waals surface area contributed by atoms with E-state index in [1.807, 2.05) is 68.4 Å². The van der Waals surface area contributed by atoms with Gasteiger partial charge < -0.3 is 41.5 Å². The van der Waals surface area contributed by atoms with Crippen LogP contribution in [0.25, 0.3) is 0 Å². The van der Waals surface area contributed by atoms with E-state index in [1.165, 1.54) is 0 Å². The number of anilines is 3. The van der Waals surface area contributed by atoms with Crippen LogP contribution in [0.5, 0.6) is 0 Å². The van der Waals surface area contributed by atoms with Crippen molar-refractivity contribution in [2.75, 3.05) is 42.7 Å². The van der Waals surface area contributed by atoms with Crippen molar-refractivity contribution in [1.29, 1.82) is 0 Å². The van der Waals surface area contributed by atoms with Gasteiger partial charge in [0.1, 0.15) is 0 Å². The number of carbonyl (C=O) groups is 3. The second-order valence-electron chi connectivity index (χ2n) is 12.1. The Morgan fingerprint density at radius 1 is 0.957 bits per heavy atom. The van der Waals surface area contributed by atoms with E-state index in [0.717, 1.165) is 23.5 Å². The molecule has 0 heterocycles. The number of likely N-dealkylation sites (N-methyl/N-ethyl adjacent to an activating group) is 1. The highest BCUT2D eigenvalue weighted by Gasteiger charge is 2.28. The molecule has 0 fully saturated rings. The summed E-state index contributed by atoms with van der Waals surface area (Å²) in [5.41, 5.74) is 9.53. The molecule has 0 aliphatic rings. The minimum absolute atomic E-state index is 0.0111. The first kappa shape index (κ1) is 38.6. The van der Waals surface area contributed by atoms with Gasteiger partial charge in [-0.25, -0.2) is 0 Å². The smallest absolute Gasteiger partial charge is 0.293 e. The molecule has 0 saturated carbocycles. The number of amides is 2. The Kier molecular flexibility index (Phi) is 16.8. The molecule has 0 aliphatic carbocycles. The Balaban J connectivity index is 0.000000535. The van der Waals surface area contributed by atoms with E-state index in [-0.39, 0.29) is 38.0 Å². The summed E-state index contributed by atoms with van der Waals surface area (Å²) in [6, 6.07) is 23.3. The van der Waals surface area contributed by atoms with Crippen molar-refractivity contribution < 1.29 is 29.3 Å². The highest BCUT2D eigenvalue weighted by molar-refractivity contribution is 5.95. The quantitative estimate of drug-likeness (QED) is 0.0946. The number of nitrogens with one attached hydrogen (secondary N) is 3. The summed E-state index contributed by atoms with van der Waals surface area (Å²) in [4.78, 5) is 38.2. The van der Waals surface area contributed by atoms with Gasteiger partial charge in [-0.05, 0) is 80.6 Å². The first-order chi connectivity index (χ1) is 22.4. The zero-order valence-corrected chi connectivity index (χ0v) is 28.1. The predicted octanol–water partition coefficient (Wildman–Crippen LogP) is 3.61. The van der Waals surface area contributed by atoms with Crippen LogP contribution in [0.2, 0.25) is 0 Å². The molecule has 3 rings (SSSR count). The highest BCUT2D eigenvalue weighted by Crippen LogP contribution is 2.17. The van der Waals surface area contributed by atoms with Crippen molar-refractivity contribution in [1.82, 2.24) is 10.6 Å². The van der Waals surface area contributed by atoms with E-state index in [2.05, 4.69) is 29.8 Å². The fourth-order valence-electron chi connectivity index (χ4n) is 4.52.